The number of nitrogens with two attached hydrogens (primary N) is 1. The predicted molar refractivity (Wildman–Crippen MR) is 84.5 cm³/mol. The van der Waals surface area contributed by atoms with Crippen LogP contribution in [0.2, 0.25) is 5.02 Å². The highest BCUT2D eigenvalue weighted by Crippen LogP contribution is 2.33. The van der Waals surface area contributed by atoms with Crippen molar-refractivity contribution in [1.82, 2.24) is 5.43 Å². The number of furan rings is 1. The molecule has 1 heterocycles. The third-order valence-electron chi connectivity index (χ3n) is 3.24. The van der Waals surface area contributed by atoms with Gasteiger partial charge in [-0.15, -0.1) is 0 Å². The third kappa shape index (κ3) is 2.70. The summed E-state index contributed by atoms with van der Waals surface area (Å²) in [5.74, 6) is 5.76. The van der Waals surface area contributed by atoms with Crippen LogP contribution in [-0.4, -0.2) is 0 Å². The van der Waals surface area contributed by atoms with Gasteiger partial charge in [-0.3, -0.25) is 5.84 Å². The second kappa shape index (κ2) is 5.77. The van der Waals surface area contributed by atoms with Gasteiger partial charge in [0.15, 0.2) is 11.4 Å². The molecular formula is C15H11BrClFN2O. The smallest absolute Gasteiger partial charge is 0.169 e. The zero-order chi connectivity index (χ0) is 15.0. The van der Waals surface area contributed by atoms with Crippen molar-refractivity contribution in [3.63, 3.8) is 0 Å². The summed E-state index contributed by atoms with van der Waals surface area (Å²) in [4.78, 5) is 0. The molecule has 3 aromatic rings. The highest BCUT2D eigenvalue weighted by Gasteiger charge is 2.21. The van der Waals surface area contributed by atoms with E-state index in [1.165, 1.54) is 6.07 Å². The number of hydrogen-bond donors (Lipinski definition) is 2. The van der Waals surface area contributed by atoms with Gasteiger partial charge in [0.2, 0.25) is 0 Å². The fourth-order valence-electron chi connectivity index (χ4n) is 2.25. The molecule has 0 bridgehead atoms. The van der Waals surface area contributed by atoms with Crippen LogP contribution in [0.1, 0.15) is 17.4 Å². The molecule has 21 heavy (non-hydrogen) atoms. The molecule has 0 amide bonds. The number of fused-ring (bicyclic) bond motifs is 1. The zero-order valence-electron chi connectivity index (χ0n) is 10.7. The fraction of sp³-hybridized carbons (Fsp3) is 0.0667. The van der Waals surface area contributed by atoms with Crippen molar-refractivity contribution in [3.8, 4) is 0 Å². The van der Waals surface area contributed by atoms with Crippen molar-refractivity contribution >= 4 is 38.5 Å². The Bertz CT molecular complexity index is 805. The highest BCUT2D eigenvalue weighted by atomic mass is 79.9. The maximum Gasteiger partial charge on any atom is 0.169 e. The van der Waals surface area contributed by atoms with Crippen LogP contribution in [0.5, 0.6) is 0 Å². The van der Waals surface area contributed by atoms with E-state index in [1.807, 2.05) is 6.07 Å². The van der Waals surface area contributed by atoms with E-state index in [1.54, 1.807) is 30.3 Å². The SMILES string of the molecule is NNC(c1cc2cccc(F)c2o1)c1cc(Cl)ccc1Br. The molecule has 6 heteroatoms. The highest BCUT2D eigenvalue weighted by molar-refractivity contribution is 9.10. The molecule has 0 saturated heterocycles. The number of benzene rings is 2. The quantitative estimate of drug-likeness (QED) is 0.526. The Morgan fingerprint density at radius 3 is 2.76 bits per heavy atom. The number of nitrogens with one attached hydrogen (secondary N) is 1. The van der Waals surface area contributed by atoms with Gasteiger partial charge in [-0.2, -0.15) is 0 Å². The van der Waals surface area contributed by atoms with E-state index < -0.39 is 11.9 Å². The van der Waals surface area contributed by atoms with Crippen LogP contribution in [0.3, 0.4) is 0 Å². The summed E-state index contributed by atoms with van der Waals surface area (Å²) in [7, 11) is 0. The predicted octanol–water partition coefficient (Wildman–Crippen LogP) is 4.54. The number of hydrogen-bond acceptors (Lipinski definition) is 3. The molecule has 2 aromatic carbocycles. The molecule has 0 aliphatic rings. The number of hydrazine groups is 1. The average Bonchev–Trinajstić information content (AvgIpc) is 2.89. The summed E-state index contributed by atoms with van der Waals surface area (Å²) in [5, 5.41) is 1.26. The minimum absolute atomic E-state index is 0.214. The van der Waals surface area contributed by atoms with Gasteiger partial charge in [-0.25, -0.2) is 9.82 Å². The monoisotopic (exact) mass is 368 g/mol. The van der Waals surface area contributed by atoms with Crippen molar-refractivity contribution in [2.75, 3.05) is 0 Å². The van der Waals surface area contributed by atoms with E-state index in [4.69, 9.17) is 21.9 Å². The normalized spacial score (nSPS) is 12.8. The molecule has 3 nitrogen and oxygen atoms in total. The number of rotatable bonds is 3. The molecule has 1 aromatic heterocycles. The summed E-state index contributed by atoms with van der Waals surface area (Å²) in [6, 6.07) is 11.5. The molecule has 0 saturated carbocycles. The Kier molecular flexibility index (Phi) is 3.99. The first-order valence-corrected chi connectivity index (χ1v) is 7.36. The molecule has 3 rings (SSSR count). The van der Waals surface area contributed by atoms with Crippen LogP contribution in [0, 0.1) is 5.82 Å². The van der Waals surface area contributed by atoms with Gasteiger partial charge in [-0.05, 0) is 35.9 Å². The van der Waals surface area contributed by atoms with Crippen LogP contribution in [0.15, 0.2) is 51.4 Å². The van der Waals surface area contributed by atoms with Gasteiger partial charge in [0.05, 0.1) is 0 Å². The molecule has 0 fully saturated rings. The maximum atomic E-state index is 13.7. The summed E-state index contributed by atoms with van der Waals surface area (Å²) in [6.45, 7) is 0. The van der Waals surface area contributed by atoms with E-state index in [0.29, 0.717) is 16.2 Å². The Hall–Kier alpha value is -1.40. The molecule has 0 spiro atoms. The molecule has 108 valence electrons. The molecule has 1 atom stereocenters. The minimum Gasteiger partial charge on any atom is -0.456 e. The average molecular weight is 370 g/mol. The van der Waals surface area contributed by atoms with E-state index in [9.17, 15) is 4.39 Å². The van der Waals surface area contributed by atoms with Crippen molar-refractivity contribution in [2.45, 2.75) is 6.04 Å². The van der Waals surface area contributed by atoms with Crippen molar-refractivity contribution in [2.24, 2.45) is 5.84 Å². The Labute approximate surface area is 134 Å². The summed E-state index contributed by atoms with van der Waals surface area (Å²) in [6.07, 6.45) is 0. The largest absolute Gasteiger partial charge is 0.456 e. The van der Waals surface area contributed by atoms with E-state index in [-0.39, 0.29) is 5.58 Å². The molecule has 0 radical (unpaired) electrons. The standard InChI is InChI=1S/C15H11BrClFN2O/c16-11-5-4-9(17)7-10(11)14(20-19)13-6-8-2-1-3-12(18)15(8)21-13/h1-7,14,20H,19H2. The Morgan fingerprint density at radius 1 is 1.24 bits per heavy atom. The molecule has 0 aliphatic carbocycles. The van der Waals surface area contributed by atoms with Crippen LogP contribution in [-0.2, 0) is 0 Å². The lowest BCUT2D eigenvalue weighted by Crippen LogP contribution is -2.28. The van der Waals surface area contributed by atoms with E-state index in [0.717, 1.165) is 10.0 Å². The van der Waals surface area contributed by atoms with Crippen molar-refractivity contribution in [3.05, 3.63) is 69.1 Å². The van der Waals surface area contributed by atoms with Crippen molar-refractivity contribution < 1.29 is 8.81 Å². The lowest BCUT2D eigenvalue weighted by molar-refractivity contribution is 0.464. The van der Waals surface area contributed by atoms with Gasteiger partial charge in [0.1, 0.15) is 11.8 Å². The molecular weight excluding hydrogens is 359 g/mol. The fourth-order valence-corrected chi connectivity index (χ4v) is 2.91. The van der Waals surface area contributed by atoms with Crippen LogP contribution in [0.4, 0.5) is 4.39 Å². The number of halogens is 3. The van der Waals surface area contributed by atoms with Gasteiger partial charge in [0.25, 0.3) is 0 Å². The molecule has 1 unspecified atom stereocenters. The summed E-state index contributed by atoms with van der Waals surface area (Å²) >= 11 is 9.49. The van der Waals surface area contributed by atoms with Crippen LogP contribution >= 0.6 is 27.5 Å². The van der Waals surface area contributed by atoms with Gasteiger partial charge in [-0.1, -0.05) is 39.7 Å². The Morgan fingerprint density at radius 2 is 2.05 bits per heavy atom. The first kappa shape index (κ1) is 14.5. The topological polar surface area (TPSA) is 51.2 Å². The minimum atomic E-state index is -0.440. The Balaban J connectivity index is 2.13. The lowest BCUT2D eigenvalue weighted by atomic mass is 10.0. The first-order chi connectivity index (χ1) is 10.1. The lowest BCUT2D eigenvalue weighted by Gasteiger charge is -2.15. The van der Waals surface area contributed by atoms with Gasteiger partial charge < -0.3 is 4.42 Å². The van der Waals surface area contributed by atoms with Crippen molar-refractivity contribution in [1.29, 1.82) is 0 Å². The molecule has 3 N–H and O–H groups in total. The van der Waals surface area contributed by atoms with Gasteiger partial charge in [0, 0.05) is 14.9 Å². The van der Waals surface area contributed by atoms with Crippen LogP contribution < -0.4 is 11.3 Å². The summed E-state index contributed by atoms with van der Waals surface area (Å²) in [5.41, 5.74) is 3.70. The van der Waals surface area contributed by atoms with E-state index in [2.05, 4.69) is 21.4 Å². The molecule has 0 aliphatic heterocycles. The third-order valence-corrected chi connectivity index (χ3v) is 4.19. The second-order valence-electron chi connectivity index (χ2n) is 4.57. The van der Waals surface area contributed by atoms with Gasteiger partial charge >= 0.3 is 0 Å². The maximum absolute atomic E-state index is 13.7. The zero-order valence-corrected chi connectivity index (χ0v) is 13.1. The second-order valence-corrected chi connectivity index (χ2v) is 5.86. The number of para-hydroxylation sites is 1. The summed E-state index contributed by atoms with van der Waals surface area (Å²) < 4.78 is 20.2. The first-order valence-electron chi connectivity index (χ1n) is 6.19. The van der Waals surface area contributed by atoms with Crippen LogP contribution in [0.25, 0.3) is 11.0 Å². The van der Waals surface area contributed by atoms with E-state index >= 15 is 0 Å².